The SMILES string of the molecule is [N-]=[N+]=NCCC=Cc1ccc(C=O)c(F)c1. The van der Waals surface area contributed by atoms with Gasteiger partial charge in [0.15, 0.2) is 6.29 Å². The van der Waals surface area contributed by atoms with E-state index in [-0.39, 0.29) is 5.56 Å². The van der Waals surface area contributed by atoms with E-state index in [2.05, 4.69) is 10.0 Å². The van der Waals surface area contributed by atoms with E-state index in [4.69, 9.17) is 5.53 Å². The molecule has 4 nitrogen and oxygen atoms in total. The van der Waals surface area contributed by atoms with Crippen LogP contribution in [0.1, 0.15) is 22.3 Å². The van der Waals surface area contributed by atoms with Gasteiger partial charge in [-0.05, 0) is 29.6 Å². The molecule has 0 atom stereocenters. The number of carbonyl (C=O) groups excluding carboxylic acids is 1. The molecule has 1 rings (SSSR count). The summed E-state index contributed by atoms with van der Waals surface area (Å²) in [6.45, 7) is 0.377. The molecular formula is C11H10FN3O. The number of azide groups is 1. The maximum Gasteiger partial charge on any atom is 0.152 e. The molecule has 0 saturated carbocycles. The molecule has 0 fully saturated rings. The van der Waals surface area contributed by atoms with E-state index < -0.39 is 5.82 Å². The molecule has 1 aromatic rings. The van der Waals surface area contributed by atoms with Crippen molar-refractivity contribution in [1.29, 1.82) is 0 Å². The molecule has 0 aliphatic heterocycles. The van der Waals surface area contributed by atoms with Crippen molar-refractivity contribution < 1.29 is 9.18 Å². The van der Waals surface area contributed by atoms with Gasteiger partial charge in [0.25, 0.3) is 0 Å². The Morgan fingerprint density at radius 3 is 2.94 bits per heavy atom. The molecule has 0 aliphatic carbocycles. The molecule has 0 N–H and O–H groups in total. The van der Waals surface area contributed by atoms with Crippen LogP contribution < -0.4 is 0 Å². The average molecular weight is 219 g/mol. The summed E-state index contributed by atoms with van der Waals surface area (Å²) in [7, 11) is 0. The zero-order chi connectivity index (χ0) is 11.8. The quantitative estimate of drug-likeness (QED) is 0.246. The average Bonchev–Trinajstić information content (AvgIpc) is 2.29. The van der Waals surface area contributed by atoms with Crippen molar-refractivity contribution in [2.75, 3.05) is 6.54 Å². The summed E-state index contributed by atoms with van der Waals surface area (Å²) in [6, 6.07) is 4.36. The molecule has 0 spiro atoms. The number of aldehydes is 1. The first-order chi connectivity index (χ1) is 7.77. The smallest absolute Gasteiger partial charge is 0.152 e. The zero-order valence-corrected chi connectivity index (χ0v) is 8.51. The third-order valence-electron chi connectivity index (χ3n) is 1.92. The van der Waals surface area contributed by atoms with Gasteiger partial charge in [-0.15, -0.1) is 0 Å². The lowest BCUT2D eigenvalue weighted by Crippen LogP contribution is -1.87. The van der Waals surface area contributed by atoms with Crippen LogP contribution in [-0.4, -0.2) is 12.8 Å². The summed E-state index contributed by atoms with van der Waals surface area (Å²) in [6.07, 6.45) is 4.57. The Hall–Kier alpha value is -2.13. The van der Waals surface area contributed by atoms with Crippen LogP contribution in [0.4, 0.5) is 4.39 Å². The Labute approximate surface area is 92.0 Å². The number of hydrogen-bond acceptors (Lipinski definition) is 2. The molecule has 0 radical (unpaired) electrons. The van der Waals surface area contributed by atoms with Crippen molar-refractivity contribution in [3.05, 3.63) is 51.7 Å². The Kier molecular flexibility index (Phi) is 4.76. The number of benzene rings is 1. The third-order valence-corrected chi connectivity index (χ3v) is 1.92. The van der Waals surface area contributed by atoms with Crippen molar-refractivity contribution in [3.63, 3.8) is 0 Å². The lowest BCUT2D eigenvalue weighted by molar-refractivity contribution is 0.112. The number of hydrogen-bond donors (Lipinski definition) is 0. The van der Waals surface area contributed by atoms with E-state index in [9.17, 15) is 9.18 Å². The van der Waals surface area contributed by atoms with Gasteiger partial charge < -0.3 is 0 Å². The Morgan fingerprint density at radius 2 is 2.31 bits per heavy atom. The van der Waals surface area contributed by atoms with E-state index >= 15 is 0 Å². The number of rotatable bonds is 5. The molecule has 0 bridgehead atoms. The first-order valence-electron chi connectivity index (χ1n) is 4.70. The summed E-state index contributed by atoms with van der Waals surface area (Å²) in [5.41, 5.74) is 8.75. The van der Waals surface area contributed by atoms with Gasteiger partial charge in [0.05, 0.1) is 5.56 Å². The van der Waals surface area contributed by atoms with E-state index in [1.165, 1.54) is 12.1 Å². The molecule has 0 amide bonds. The highest BCUT2D eigenvalue weighted by Crippen LogP contribution is 2.10. The molecule has 0 unspecified atom stereocenters. The lowest BCUT2D eigenvalue weighted by atomic mass is 10.1. The molecule has 82 valence electrons. The van der Waals surface area contributed by atoms with Gasteiger partial charge >= 0.3 is 0 Å². The van der Waals surface area contributed by atoms with Gasteiger partial charge in [-0.3, -0.25) is 4.79 Å². The van der Waals surface area contributed by atoms with Gasteiger partial charge in [0.1, 0.15) is 5.82 Å². The summed E-state index contributed by atoms with van der Waals surface area (Å²) in [5, 5.41) is 3.36. The van der Waals surface area contributed by atoms with Gasteiger partial charge in [-0.2, -0.15) is 0 Å². The molecule has 0 aliphatic rings. The normalized spacial score (nSPS) is 10.1. The fraction of sp³-hybridized carbons (Fsp3) is 0.182. The number of carbonyl (C=O) groups is 1. The van der Waals surface area contributed by atoms with E-state index in [1.54, 1.807) is 18.2 Å². The maximum absolute atomic E-state index is 13.1. The largest absolute Gasteiger partial charge is 0.298 e. The Bertz CT molecular complexity index is 451. The standard InChI is InChI=1S/C11H10FN3O/c12-11-7-9(4-5-10(11)8-16)3-1-2-6-14-15-13/h1,3-5,7-8H,2,6H2. The fourth-order valence-corrected chi connectivity index (χ4v) is 1.14. The van der Waals surface area contributed by atoms with E-state index in [1.807, 2.05) is 0 Å². The molecule has 16 heavy (non-hydrogen) atoms. The van der Waals surface area contributed by atoms with Gasteiger partial charge in [0, 0.05) is 11.5 Å². The number of nitrogens with zero attached hydrogens (tertiary/aromatic N) is 3. The van der Waals surface area contributed by atoms with Crippen LogP contribution in [0.15, 0.2) is 29.4 Å². The van der Waals surface area contributed by atoms with Crippen LogP contribution in [0.25, 0.3) is 16.5 Å². The van der Waals surface area contributed by atoms with Crippen molar-refractivity contribution in [1.82, 2.24) is 0 Å². The monoisotopic (exact) mass is 219 g/mol. The van der Waals surface area contributed by atoms with Gasteiger partial charge in [-0.25, -0.2) is 4.39 Å². The molecule has 5 heteroatoms. The molecule has 0 saturated heterocycles. The topological polar surface area (TPSA) is 65.8 Å². The fourth-order valence-electron chi connectivity index (χ4n) is 1.14. The first kappa shape index (κ1) is 11.9. The van der Waals surface area contributed by atoms with Crippen LogP contribution in [-0.2, 0) is 0 Å². The third kappa shape index (κ3) is 3.55. The van der Waals surface area contributed by atoms with E-state index in [0.29, 0.717) is 24.8 Å². The van der Waals surface area contributed by atoms with Crippen LogP contribution in [0.3, 0.4) is 0 Å². The predicted octanol–water partition coefficient (Wildman–Crippen LogP) is 3.35. The second-order valence-electron chi connectivity index (χ2n) is 3.04. The summed E-state index contributed by atoms with van der Waals surface area (Å²) in [5.74, 6) is -0.535. The molecule has 1 aromatic carbocycles. The maximum atomic E-state index is 13.1. The molecule has 0 aromatic heterocycles. The van der Waals surface area contributed by atoms with Crippen molar-refractivity contribution in [2.24, 2.45) is 5.11 Å². The molecule has 0 heterocycles. The van der Waals surface area contributed by atoms with Crippen LogP contribution >= 0.6 is 0 Å². The highest BCUT2D eigenvalue weighted by atomic mass is 19.1. The minimum absolute atomic E-state index is 0.0474. The minimum atomic E-state index is -0.535. The summed E-state index contributed by atoms with van der Waals surface area (Å²) >= 11 is 0. The number of halogens is 1. The van der Waals surface area contributed by atoms with Crippen LogP contribution in [0.5, 0.6) is 0 Å². The summed E-state index contributed by atoms with van der Waals surface area (Å²) in [4.78, 5) is 13.0. The highest BCUT2D eigenvalue weighted by Gasteiger charge is 1.99. The van der Waals surface area contributed by atoms with Crippen LogP contribution in [0, 0.1) is 5.82 Å². The lowest BCUT2D eigenvalue weighted by Gasteiger charge is -1.96. The first-order valence-corrected chi connectivity index (χ1v) is 4.70. The zero-order valence-electron chi connectivity index (χ0n) is 8.51. The second kappa shape index (κ2) is 6.37. The minimum Gasteiger partial charge on any atom is -0.298 e. The Balaban J connectivity index is 2.64. The second-order valence-corrected chi connectivity index (χ2v) is 3.04. The summed E-state index contributed by atoms with van der Waals surface area (Å²) < 4.78 is 13.1. The molecular weight excluding hydrogens is 209 g/mol. The Morgan fingerprint density at radius 1 is 1.50 bits per heavy atom. The predicted molar refractivity (Wildman–Crippen MR) is 59.5 cm³/mol. The highest BCUT2D eigenvalue weighted by molar-refractivity contribution is 5.75. The van der Waals surface area contributed by atoms with Gasteiger partial charge in [0.2, 0.25) is 0 Å². The van der Waals surface area contributed by atoms with Crippen molar-refractivity contribution in [3.8, 4) is 0 Å². The van der Waals surface area contributed by atoms with E-state index in [0.717, 1.165) is 0 Å². The van der Waals surface area contributed by atoms with Crippen molar-refractivity contribution >= 4 is 12.4 Å². The van der Waals surface area contributed by atoms with Gasteiger partial charge in [-0.1, -0.05) is 23.3 Å². The van der Waals surface area contributed by atoms with Crippen LogP contribution in [0.2, 0.25) is 0 Å². The van der Waals surface area contributed by atoms with Crippen molar-refractivity contribution in [2.45, 2.75) is 6.42 Å².